The topological polar surface area (TPSA) is 41.5 Å². The van der Waals surface area contributed by atoms with E-state index in [2.05, 4.69) is 19.2 Å². The summed E-state index contributed by atoms with van der Waals surface area (Å²) in [5.41, 5.74) is -0.117. The van der Waals surface area contributed by atoms with Crippen LogP contribution in [0.15, 0.2) is 0 Å². The molecule has 94 valence electrons. The van der Waals surface area contributed by atoms with Gasteiger partial charge in [0, 0.05) is 29.2 Å². The van der Waals surface area contributed by atoms with E-state index in [0.717, 1.165) is 18.8 Å². The molecular formula is C12H23NO2S. The monoisotopic (exact) mass is 245 g/mol. The lowest BCUT2D eigenvalue weighted by Crippen LogP contribution is -2.49. The van der Waals surface area contributed by atoms with Crippen LogP contribution in [0.2, 0.25) is 0 Å². The molecule has 1 aliphatic heterocycles. The molecule has 0 amide bonds. The fourth-order valence-electron chi connectivity index (χ4n) is 2.08. The summed E-state index contributed by atoms with van der Waals surface area (Å²) in [4.78, 5) is 0. The van der Waals surface area contributed by atoms with Gasteiger partial charge in [-0.2, -0.15) is 11.8 Å². The maximum absolute atomic E-state index is 9.49. The third-order valence-corrected chi connectivity index (χ3v) is 5.25. The molecular weight excluding hydrogens is 222 g/mol. The van der Waals surface area contributed by atoms with Crippen molar-refractivity contribution in [1.29, 1.82) is 0 Å². The molecule has 3 unspecified atom stereocenters. The van der Waals surface area contributed by atoms with E-state index in [-0.39, 0.29) is 12.1 Å². The number of nitrogens with one attached hydrogen (secondary N) is 1. The van der Waals surface area contributed by atoms with Crippen molar-refractivity contribution in [2.75, 3.05) is 19.0 Å². The van der Waals surface area contributed by atoms with E-state index in [1.165, 1.54) is 12.8 Å². The highest BCUT2D eigenvalue weighted by atomic mass is 32.2. The van der Waals surface area contributed by atoms with Crippen LogP contribution in [-0.4, -0.2) is 47.0 Å². The predicted octanol–water partition coefficient (Wildman–Crippen LogP) is 1.40. The number of aliphatic hydroxyl groups excluding tert-OH is 1. The van der Waals surface area contributed by atoms with Gasteiger partial charge in [-0.15, -0.1) is 0 Å². The van der Waals surface area contributed by atoms with Crippen molar-refractivity contribution < 1.29 is 9.84 Å². The van der Waals surface area contributed by atoms with Crippen molar-refractivity contribution in [2.24, 2.45) is 0 Å². The number of hydrogen-bond acceptors (Lipinski definition) is 4. The van der Waals surface area contributed by atoms with Crippen LogP contribution in [0.5, 0.6) is 0 Å². The molecule has 0 aromatic carbocycles. The van der Waals surface area contributed by atoms with Crippen molar-refractivity contribution >= 4 is 11.8 Å². The Morgan fingerprint density at radius 2 is 2.19 bits per heavy atom. The first-order chi connectivity index (χ1) is 7.63. The summed E-state index contributed by atoms with van der Waals surface area (Å²) in [5.74, 6) is 0.971. The lowest BCUT2D eigenvalue weighted by atomic mass is 10.1. The number of aliphatic hydroxyl groups is 1. The van der Waals surface area contributed by atoms with Crippen LogP contribution in [0, 0.1) is 0 Å². The standard InChI is InChI=1S/C12H23NO2S/c1-9-11(5-6-15-9)16-8-12(2,7-14)13-10-3-4-10/h9-11,13-14H,3-8H2,1-2H3. The highest BCUT2D eigenvalue weighted by molar-refractivity contribution is 8.00. The van der Waals surface area contributed by atoms with E-state index in [1.807, 2.05) is 11.8 Å². The van der Waals surface area contributed by atoms with Gasteiger partial charge in [0.15, 0.2) is 0 Å². The average molecular weight is 245 g/mol. The zero-order valence-corrected chi connectivity index (χ0v) is 11.1. The smallest absolute Gasteiger partial charge is 0.0666 e. The lowest BCUT2D eigenvalue weighted by molar-refractivity contribution is 0.127. The molecule has 1 aliphatic carbocycles. The Hall–Kier alpha value is 0.230. The van der Waals surface area contributed by atoms with Gasteiger partial charge in [-0.25, -0.2) is 0 Å². The third-order valence-electron chi connectivity index (χ3n) is 3.40. The Morgan fingerprint density at radius 3 is 2.69 bits per heavy atom. The van der Waals surface area contributed by atoms with Gasteiger partial charge in [0.05, 0.1) is 12.7 Å². The van der Waals surface area contributed by atoms with Crippen molar-refractivity contribution in [2.45, 2.75) is 56.0 Å². The minimum atomic E-state index is -0.117. The highest BCUT2D eigenvalue weighted by Gasteiger charge is 2.34. The lowest BCUT2D eigenvalue weighted by Gasteiger charge is -2.30. The molecule has 1 saturated heterocycles. The van der Waals surface area contributed by atoms with E-state index < -0.39 is 0 Å². The number of rotatable bonds is 6. The molecule has 2 N–H and O–H groups in total. The van der Waals surface area contributed by atoms with Gasteiger partial charge in [-0.3, -0.25) is 0 Å². The Balaban J connectivity index is 1.76. The largest absolute Gasteiger partial charge is 0.394 e. The SMILES string of the molecule is CC1OCCC1SCC(C)(CO)NC1CC1. The first-order valence-corrected chi connectivity index (χ1v) is 7.29. The van der Waals surface area contributed by atoms with Crippen LogP contribution in [-0.2, 0) is 4.74 Å². The second-order valence-electron chi connectivity index (χ2n) is 5.35. The highest BCUT2D eigenvalue weighted by Crippen LogP contribution is 2.30. The summed E-state index contributed by atoms with van der Waals surface area (Å²) in [6, 6.07) is 0.648. The molecule has 0 bridgehead atoms. The maximum atomic E-state index is 9.49. The molecule has 0 aromatic heterocycles. The Labute approximate surface area is 102 Å². The maximum Gasteiger partial charge on any atom is 0.0666 e. The molecule has 0 spiro atoms. The number of hydrogen-bond donors (Lipinski definition) is 2. The summed E-state index contributed by atoms with van der Waals surface area (Å²) in [7, 11) is 0. The summed E-state index contributed by atoms with van der Waals surface area (Å²) in [5, 5.41) is 13.6. The third kappa shape index (κ3) is 3.36. The summed E-state index contributed by atoms with van der Waals surface area (Å²) >= 11 is 1.95. The molecule has 2 rings (SSSR count). The molecule has 1 saturated carbocycles. The second kappa shape index (κ2) is 5.25. The molecule has 1 heterocycles. The molecule has 16 heavy (non-hydrogen) atoms. The average Bonchev–Trinajstić information content (AvgIpc) is 2.97. The quantitative estimate of drug-likeness (QED) is 0.742. The summed E-state index contributed by atoms with van der Waals surface area (Å²) < 4.78 is 5.55. The van der Waals surface area contributed by atoms with Gasteiger partial charge in [0.1, 0.15) is 0 Å². The minimum absolute atomic E-state index is 0.117. The zero-order valence-electron chi connectivity index (χ0n) is 10.2. The molecule has 0 aromatic rings. The Kier molecular flexibility index (Phi) is 4.16. The second-order valence-corrected chi connectivity index (χ2v) is 6.58. The normalized spacial score (nSPS) is 33.9. The molecule has 2 fully saturated rings. The zero-order chi connectivity index (χ0) is 11.6. The van der Waals surface area contributed by atoms with E-state index in [9.17, 15) is 5.11 Å². The number of thioether (sulfide) groups is 1. The molecule has 0 radical (unpaired) electrons. The van der Waals surface area contributed by atoms with E-state index >= 15 is 0 Å². The fraction of sp³-hybridized carbons (Fsp3) is 1.00. The fourth-order valence-corrected chi connectivity index (χ4v) is 3.44. The first kappa shape index (κ1) is 12.7. The van der Waals surface area contributed by atoms with Gasteiger partial charge < -0.3 is 15.2 Å². The van der Waals surface area contributed by atoms with Gasteiger partial charge in [-0.1, -0.05) is 0 Å². The van der Waals surface area contributed by atoms with Crippen LogP contribution in [0.4, 0.5) is 0 Å². The van der Waals surface area contributed by atoms with E-state index in [1.54, 1.807) is 0 Å². The van der Waals surface area contributed by atoms with Gasteiger partial charge in [0.2, 0.25) is 0 Å². The molecule has 4 heteroatoms. The van der Waals surface area contributed by atoms with E-state index in [0.29, 0.717) is 17.4 Å². The van der Waals surface area contributed by atoms with Crippen molar-refractivity contribution in [3.8, 4) is 0 Å². The van der Waals surface area contributed by atoms with Gasteiger partial charge >= 0.3 is 0 Å². The summed E-state index contributed by atoms with van der Waals surface area (Å²) in [6.45, 7) is 5.39. The van der Waals surface area contributed by atoms with Crippen LogP contribution in [0.3, 0.4) is 0 Å². The molecule has 2 aliphatic rings. The van der Waals surface area contributed by atoms with Crippen LogP contribution >= 0.6 is 11.8 Å². The van der Waals surface area contributed by atoms with Crippen LogP contribution < -0.4 is 5.32 Å². The van der Waals surface area contributed by atoms with Gasteiger partial charge in [0.25, 0.3) is 0 Å². The van der Waals surface area contributed by atoms with Crippen LogP contribution in [0.1, 0.15) is 33.1 Å². The first-order valence-electron chi connectivity index (χ1n) is 6.25. The predicted molar refractivity (Wildman–Crippen MR) is 67.9 cm³/mol. The van der Waals surface area contributed by atoms with E-state index in [4.69, 9.17) is 4.74 Å². The molecule has 3 nitrogen and oxygen atoms in total. The Bertz CT molecular complexity index is 235. The van der Waals surface area contributed by atoms with Crippen molar-refractivity contribution in [3.05, 3.63) is 0 Å². The Morgan fingerprint density at radius 1 is 1.44 bits per heavy atom. The van der Waals surface area contributed by atoms with Crippen molar-refractivity contribution in [1.82, 2.24) is 5.32 Å². The minimum Gasteiger partial charge on any atom is -0.394 e. The van der Waals surface area contributed by atoms with Crippen LogP contribution in [0.25, 0.3) is 0 Å². The summed E-state index contributed by atoms with van der Waals surface area (Å²) in [6.07, 6.45) is 4.05. The van der Waals surface area contributed by atoms with Crippen molar-refractivity contribution in [3.63, 3.8) is 0 Å². The molecule has 3 atom stereocenters. The number of ether oxygens (including phenoxy) is 1. The van der Waals surface area contributed by atoms with Gasteiger partial charge in [-0.05, 0) is 33.1 Å².